The summed E-state index contributed by atoms with van der Waals surface area (Å²) in [6, 6.07) is 4.95. The monoisotopic (exact) mass is 357 g/mol. The lowest BCUT2D eigenvalue weighted by molar-refractivity contribution is 0.0843. The van der Waals surface area contributed by atoms with Crippen LogP contribution in [-0.2, 0) is 6.54 Å². The number of carbonyl (C=O) groups is 1. The Kier molecular flexibility index (Phi) is 4.80. The number of nitrogens with zero attached hydrogens (tertiary/aromatic N) is 3. The van der Waals surface area contributed by atoms with Crippen LogP contribution in [0.1, 0.15) is 46.2 Å². The molecule has 1 aliphatic heterocycles. The van der Waals surface area contributed by atoms with Gasteiger partial charge in [-0.15, -0.1) is 0 Å². The Hall–Kier alpha value is -1.43. The van der Waals surface area contributed by atoms with Gasteiger partial charge in [0.2, 0.25) is 0 Å². The summed E-state index contributed by atoms with van der Waals surface area (Å²) in [7, 11) is 0. The number of ketones is 1. The third kappa shape index (κ3) is 3.73. The van der Waals surface area contributed by atoms with Crippen LogP contribution < -0.4 is 0 Å². The minimum Gasteiger partial charge on any atom is -0.345 e. The van der Waals surface area contributed by atoms with Crippen LogP contribution >= 0.6 is 11.3 Å². The normalized spacial score (nSPS) is 19.4. The van der Waals surface area contributed by atoms with E-state index in [1.165, 1.54) is 29.8 Å². The van der Waals surface area contributed by atoms with Crippen molar-refractivity contribution in [3.8, 4) is 0 Å². The Morgan fingerprint density at radius 3 is 2.52 bits per heavy atom. The summed E-state index contributed by atoms with van der Waals surface area (Å²) < 4.78 is 2.37. The van der Waals surface area contributed by atoms with Gasteiger partial charge in [-0.1, -0.05) is 0 Å². The molecule has 3 heterocycles. The molecule has 5 heteroatoms. The Balaban J connectivity index is 1.32. The van der Waals surface area contributed by atoms with Crippen LogP contribution in [0, 0.1) is 13.8 Å². The molecule has 4 rings (SSSR count). The van der Waals surface area contributed by atoms with Crippen molar-refractivity contribution in [2.24, 2.45) is 0 Å². The summed E-state index contributed by atoms with van der Waals surface area (Å²) in [6.45, 7) is 9.89. The van der Waals surface area contributed by atoms with E-state index in [2.05, 4.69) is 51.1 Å². The van der Waals surface area contributed by atoms with Gasteiger partial charge < -0.3 is 4.57 Å². The second kappa shape index (κ2) is 7.06. The summed E-state index contributed by atoms with van der Waals surface area (Å²) in [5.41, 5.74) is 4.75. The number of hydrogen-bond acceptors (Lipinski definition) is 4. The molecule has 0 spiro atoms. The number of thiophene rings is 1. The maximum absolute atomic E-state index is 12.8. The van der Waals surface area contributed by atoms with Gasteiger partial charge in [-0.25, -0.2) is 0 Å². The molecule has 0 atom stereocenters. The van der Waals surface area contributed by atoms with Crippen molar-refractivity contribution >= 4 is 17.1 Å². The lowest BCUT2D eigenvalue weighted by Crippen LogP contribution is -2.47. The molecule has 0 unspecified atom stereocenters. The number of aromatic nitrogens is 1. The topological polar surface area (TPSA) is 28.5 Å². The SMILES string of the molecule is Cc1cc(C(=O)CN2CCN(Cc3ccsc3)CC2)c(C)n1C1CC1. The van der Waals surface area contributed by atoms with Crippen molar-refractivity contribution in [3.63, 3.8) is 0 Å². The molecular weight excluding hydrogens is 330 g/mol. The van der Waals surface area contributed by atoms with Crippen LogP contribution in [0.15, 0.2) is 22.9 Å². The summed E-state index contributed by atoms with van der Waals surface area (Å²) in [5.74, 6) is 0.284. The minimum absolute atomic E-state index is 0.284. The molecule has 0 bridgehead atoms. The van der Waals surface area contributed by atoms with Crippen LogP contribution in [0.25, 0.3) is 0 Å². The molecule has 2 aromatic heterocycles. The minimum atomic E-state index is 0.284. The van der Waals surface area contributed by atoms with E-state index in [1.807, 2.05) is 0 Å². The molecule has 2 aromatic rings. The lowest BCUT2D eigenvalue weighted by Gasteiger charge is -2.34. The van der Waals surface area contributed by atoms with E-state index in [0.717, 1.165) is 38.3 Å². The van der Waals surface area contributed by atoms with Gasteiger partial charge in [0.25, 0.3) is 0 Å². The van der Waals surface area contributed by atoms with Gasteiger partial charge in [-0.05, 0) is 55.1 Å². The molecule has 134 valence electrons. The predicted molar refractivity (Wildman–Crippen MR) is 103 cm³/mol. The molecule has 0 aromatic carbocycles. The third-order valence-electron chi connectivity index (χ3n) is 5.52. The molecule has 4 nitrogen and oxygen atoms in total. The van der Waals surface area contributed by atoms with Gasteiger partial charge in [0.05, 0.1) is 6.54 Å². The van der Waals surface area contributed by atoms with Gasteiger partial charge in [-0.3, -0.25) is 14.6 Å². The van der Waals surface area contributed by atoms with Crippen molar-refractivity contribution in [3.05, 3.63) is 45.4 Å². The van der Waals surface area contributed by atoms with E-state index in [1.54, 1.807) is 11.3 Å². The fourth-order valence-electron chi connectivity index (χ4n) is 3.99. The summed E-state index contributed by atoms with van der Waals surface area (Å²) >= 11 is 1.76. The molecular formula is C20H27N3OS. The Morgan fingerprint density at radius 2 is 1.88 bits per heavy atom. The van der Waals surface area contributed by atoms with Crippen LogP contribution in [0.3, 0.4) is 0 Å². The first-order valence-corrected chi connectivity index (χ1v) is 10.2. The van der Waals surface area contributed by atoms with E-state index >= 15 is 0 Å². The fourth-order valence-corrected chi connectivity index (χ4v) is 4.65. The first-order valence-electron chi connectivity index (χ1n) is 9.29. The molecule has 2 aliphatic rings. The smallest absolute Gasteiger partial charge is 0.178 e. The Morgan fingerprint density at radius 1 is 1.16 bits per heavy atom. The zero-order valence-electron chi connectivity index (χ0n) is 15.2. The molecule has 1 aliphatic carbocycles. The average Bonchev–Trinajstić information content (AvgIpc) is 3.20. The maximum atomic E-state index is 12.8. The van der Waals surface area contributed by atoms with Gasteiger partial charge in [-0.2, -0.15) is 11.3 Å². The van der Waals surface area contributed by atoms with Crippen molar-refractivity contribution in [2.75, 3.05) is 32.7 Å². The average molecular weight is 358 g/mol. The van der Waals surface area contributed by atoms with Crippen LogP contribution in [0.2, 0.25) is 0 Å². The first-order chi connectivity index (χ1) is 12.1. The number of carbonyl (C=O) groups excluding carboxylic acids is 1. The number of piperazine rings is 1. The Labute approximate surface area is 154 Å². The zero-order chi connectivity index (χ0) is 17.4. The standard InChI is InChI=1S/C20H27N3OS/c1-15-11-19(16(2)23(15)18-3-4-18)20(24)13-22-8-6-21(7-9-22)12-17-5-10-25-14-17/h5,10-11,14,18H,3-4,6-9,12-13H2,1-2H3. The van der Waals surface area contributed by atoms with E-state index in [4.69, 9.17) is 0 Å². The third-order valence-corrected chi connectivity index (χ3v) is 6.25. The lowest BCUT2D eigenvalue weighted by atomic mass is 10.1. The van der Waals surface area contributed by atoms with Gasteiger partial charge in [0, 0.05) is 55.7 Å². The van der Waals surface area contributed by atoms with E-state index in [-0.39, 0.29) is 5.78 Å². The van der Waals surface area contributed by atoms with Crippen LogP contribution in [-0.4, -0.2) is 52.9 Å². The van der Waals surface area contributed by atoms with Crippen molar-refractivity contribution in [1.29, 1.82) is 0 Å². The zero-order valence-corrected chi connectivity index (χ0v) is 16.0. The molecule has 0 radical (unpaired) electrons. The van der Waals surface area contributed by atoms with Crippen molar-refractivity contribution in [2.45, 2.75) is 39.3 Å². The highest BCUT2D eigenvalue weighted by atomic mass is 32.1. The summed E-state index contributed by atoms with van der Waals surface area (Å²) in [4.78, 5) is 17.6. The molecule has 1 saturated heterocycles. The molecule has 1 saturated carbocycles. The molecule has 0 amide bonds. The second-order valence-corrected chi connectivity index (χ2v) is 8.27. The number of Topliss-reactive ketones (excluding diaryl/α,β-unsaturated/α-hetero) is 1. The van der Waals surface area contributed by atoms with Gasteiger partial charge in [0.15, 0.2) is 5.78 Å². The molecule has 0 N–H and O–H groups in total. The largest absolute Gasteiger partial charge is 0.345 e. The van der Waals surface area contributed by atoms with E-state index < -0.39 is 0 Å². The number of hydrogen-bond donors (Lipinski definition) is 0. The van der Waals surface area contributed by atoms with E-state index in [0.29, 0.717) is 12.6 Å². The Bertz CT molecular complexity index is 737. The maximum Gasteiger partial charge on any atom is 0.178 e. The van der Waals surface area contributed by atoms with Gasteiger partial charge >= 0.3 is 0 Å². The number of rotatable bonds is 6. The highest BCUT2D eigenvalue weighted by Gasteiger charge is 2.29. The van der Waals surface area contributed by atoms with Crippen molar-refractivity contribution < 1.29 is 4.79 Å². The van der Waals surface area contributed by atoms with Crippen LogP contribution in [0.4, 0.5) is 0 Å². The second-order valence-electron chi connectivity index (χ2n) is 7.49. The predicted octanol–water partition coefficient (Wildman–Crippen LogP) is 3.50. The first kappa shape index (κ1) is 17.0. The van der Waals surface area contributed by atoms with E-state index in [9.17, 15) is 4.79 Å². The van der Waals surface area contributed by atoms with Crippen molar-refractivity contribution in [1.82, 2.24) is 14.4 Å². The highest BCUT2D eigenvalue weighted by molar-refractivity contribution is 7.07. The quantitative estimate of drug-likeness (QED) is 0.741. The molecule has 2 fully saturated rings. The highest BCUT2D eigenvalue weighted by Crippen LogP contribution is 2.38. The van der Waals surface area contributed by atoms with Crippen LogP contribution in [0.5, 0.6) is 0 Å². The molecule has 25 heavy (non-hydrogen) atoms. The summed E-state index contributed by atoms with van der Waals surface area (Å²) in [5, 5.41) is 4.37. The van der Waals surface area contributed by atoms with Gasteiger partial charge in [0.1, 0.15) is 0 Å². The fraction of sp³-hybridized carbons (Fsp3) is 0.550. The number of aryl methyl sites for hydroxylation is 1. The summed E-state index contributed by atoms with van der Waals surface area (Å²) in [6.07, 6.45) is 2.52.